The van der Waals surface area contributed by atoms with Crippen molar-refractivity contribution in [1.82, 2.24) is 14.5 Å². The van der Waals surface area contributed by atoms with Crippen LogP contribution in [0.2, 0.25) is 0 Å². The van der Waals surface area contributed by atoms with Crippen molar-refractivity contribution < 1.29 is 5.11 Å². The van der Waals surface area contributed by atoms with Crippen LogP contribution < -0.4 is 16.6 Å². The van der Waals surface area contributed by atoms with E-state index in [0.29, 0.717) is 16.9 Å². The number of pyridine rings is 1. The summed E-state index contributed by atoms with van der Waals surface area (Å²) in [4.78, 5) is 21.9. The van der Waals surface area contributed by atoms with Gasteiger partial charge in [0.15, 0.2) is 0 Å². The molecule has 34 heavy (non-hydrogen) atoms. The molecule has 8 nitrogen and oxygen atoms in total. The summed E-state index contributed by atoms with van der Waals surface area (Å²) in [5, 5.41) is 21.9. The first-order valence-electron chi connectivity index (χ1n) is 10.7. The van der Waals surface area contributed by atoms with Crippen molar-refractivity contribution in [1.29, 1.82) is 5.41 Å². The highest BCUT2D eigenvalue weighted by molar-refractivity contribution is 6.16. The van der Waals surface area contributed by atoms with Crippen LogP contribution in [0.15, 0.2) is 59.7 Å². The van der Waals surface area contributed by atoms with E-state index in [9.17, 15) is 4.79 Å². The number of aliphatic hydroxyl groups excluding tert-OH is 1. The second-order valence-corrected chi connectivity index (χ2v) is 7.77. The summed E-state index contributed by atoms with van der Waals surface area (Å²) < 4.78 is 1.71. The molecule has 2 aromatic heterocycles. The van der Waals surface area contributed by atoms with Gasteiger partial charge in [0.05, 0.1) is 23.2 Å². The largest absolute Gasteiger partial charge is 0.384 e. The topological polar surface area (TPSA) is 130 Å². The lowest BCUT2D eigenvalue weighted by atomic mass is 10.1. The average molecular weight is 453 g/mol. The molecule has 0 atom stereocenters. The van der Waals surface area contributed by atoms with E-state index in [0.717, 1.165) is 22.2 Å². The van der Waals surface area contributed by atoms with E-state index in [1.165, 1.54) is 6.33 Å². The smallest absolute Gasteiger partial charge is 0.263 e. The molecule has 0 aliphatic carbocycles. The predicted molar refractivity (Wildman–Crippen MR) is 134 cm³/mol. The van der Waals surface area contributed by atoms with Crippen molar-refractivity contribution >= 4 is 28.1 Å². The molecule has 0 radical (unpaired) electrons. The summed E-state index contributed by atoms with van der Waals surface area (Å²) in [7, 11) is 0. The summed E-state index contributed by atoms with van der Waals surface area (Å²) >= 11 is 0. The number of nitrogens with zero attached hydrogens (tertiary/aromatic N) is 3. The summed E-state index contributed by atoms with van der Waals surface area (Å²) in [5.41, 5.74) is 9.40. The molecule has 0 aliphatic rings. The van der Waals surface area contributed by atoms with Gasteiger partial charge in [-0.15, -0.1) is 0 Å². The van der Waals surface area contributed by atoms with Gasteiger partial charge < -0.3 is 16.2 Å². The Balaban J connectivity index is 1.85. The lowest BCUT2D eigenvalue weighted by Crippen LogP contribution is -2.25. The fraction of sp³-hybridized carbons (Fsp3) is 0.154. The highest BCUT2D eigenvalue weighted by Crippen LogP contribution is 2.23. The Morgan fingerprint density at radius 3 is 2.68 bits per heavy atom. The number of fused-ring (bicyclic) bond motifs is 1. The Morgan fingerprint density at radius 2 is 1.91 bits per heavy atom. The second kappa shape index (κ2) is 9.57. The van der Waals surface area contributed by atoms with Gasteiger partial charge in [0.1, 0.15) is 30.3 Å². The van der Waals surface area contributed by atoms with E-state index in [2.05, 4.69) is 27.1 Å². The first-order valence-corrected chi connectivity index (χ1v) is 10.7. The van der Waals surface area contributed by atoms with Gasteiger partial charge in [-0.05, 0) is 48.4 Å². The first-order chi connectivity index (χ1) is 16.4. The number of hydrogen-bond acceptors (Lipinski definition) is 7. The number of aromatic nitrogens is 3. The number of rotatable bonds is 5. The van der Waals surface area contributed by atoms with E-state index in [-0.39, 0.29) is 35.8 Å². The average Bonchev–Trinajstić information content (AvgIpc) is 2.82. The van der Waals surface area contributed by atoms with Gasteiger partial charge in [-0.1, -0.05) is 42.3 Å². The molecule has 2 aromatic carbocycles. The summed E-state index contributed by atoms with van der Waals surface area (Å²) in [5.74, 6) is 5.40. The number of anilines is 2. The molecule has 8 heteroatoms. The zero-order valence-corrected chi connectivity index (χ0v) is 18.9. The van der Waals surface area contributed by atoms with Gasteiger partial charge in [-0.25, -0.2) is 9.97 Å². The minimum absolute atomic E-state index is 0.0974. The lowest BCUT2D eigenvalue weighted by molar-refractivity contribution is 0.350. The number of nitrogens with one attached hydrogen (secondary N) is 2. The van der Waals surface area contributed by atoms with E-state index in [1.54, 1.807) is 4.57 Å². The predicted octanol–water partition coefficient (Wildman–Crippen LogP) is 2.96. The van der Waals surface area contributed by atoms with Crippen molar-refractivity contribution in [2.24, 2.45) is 0 Å². The Hall–Kier alpha value is -4.48. The lowest BCUT2D eigenvalue weighted by Gasteiger charge is -2.18. The normalized spacial score (nSPS) is 10.6. The molecule has 4 aromatic rings. The van der Waals surface area contributed by atoms with Gasteiger partial charge in [0.25, 0.3) is 5.56 Å². The molecule has 0 fully saturated rings. The van der Waals surface area contributed by atoms with Crippen molar-refractivity contribution in [2.75, 3.05) is 17.7 Å². The van der Waals surface area contributed by atoms with Crippen molar-refractivity contribution in [3.8, 4) is 17.5 Å². The molecular formula is C26H24N6O2. The van der Waals surface area contributed by atoms with Crippen LogP contribution in [0.25, 0.3) is 16.5 Å². The second-order valence-electron chi connectivity index (χ2n) is 7.77. The Kier molecular flexibility index (Phi) is 6.39. The molecule has 170 valence electrons. The van der Waals surface area contributed by atoms with Crippen molar-refractivity contribution in [3.63, 3.8) is 0 Å². The Bertz CT molecular complexity index is 1530. The van der Waals surface area contributed by atoms with Gasteiger partial charge in [-0.3, -0.25) is 14.8 Å². The molecular weight excluding hydrogens is 428 g/mol. The van der Waals surface area contributed by atoms with Crippen LogP contribution in [0.3, 0.4) is 0 Å². The van der Waals surface area contributed by atoms with Crippen LogP contribution in [-0.2, 0) is 6.54 Å². The van der Waals surface area contributed by atoms with Crippen LogP contribution >= 0.6 is 0 Å². The third-order valence-corrected chi connectivity index (χ3v) is 5.54. The van der Waals surface area contributed by atoms with Gasteiger partial charge >= 0.3 is 0 Å². The Labute approximate surface area is 196 Å². The third-order valence-electron chi connectivity index (χ3n) is 5.54. The Morgan fingerprint density at radius 1 is 1.15 bits per heavy atom. The van der Waals surface area contributed by atoms with E-state index < -0.39 is 0 Å². The minimum Gasteiger partial charge on any atom is -0.384 e. The maximum absolute atomic E-state index is 13.7. The third kappa shape index (κ3) is 4.25. The van der Waals surface area contributed by atoms with Crippen LogP contribution in [0.1, 0.15) is 22.4 Å². The zero-order valence-electron chi connectivity index (χ0n) is 18.9. The van der Waals surface area contributed by atoms with E-state index >= 15 is 0 Å². The number of benzene rings is 2. The first kappa shape index (κ1) is 22.7. The van der Waals surface area contributed by atoms with Gasteiger partial charge in [0, 0.05) is 5.69 Å². The van der Waals surface area contributed by atoms with Crippen molar-refractivity contribution in [3.05, 3.63) is 87.6 Å². The fourth-order valence-electron chi connectivity index (χ4n) is 3.94. The van der Waals surface area contributed by atoms with Crippen molar-refractivity contribution in [2.45, 2.75) is 20.4 Å². The van der Waals surface area contributed by atoms with Crippen LogP contribution in [0.5, 0.6) is 0 Å². The molecule has 0 saturated heterocycles. The minimum atomic E-state index is -0.377. The number of nitrogens with two attached hydrogens (primary N) is 1. The molecule has 0 bridgehead atoms. The number of hydrogen-bond donors (Lipinski definition) is 4. The molecule has 0 aliphatic heterocycles. The highest BCUT2D eigenvalue weighted by atomic mass is 16.2. The maximum Gasteiger partial charge on any atom is 0.263 e. The SMILES string of the molecule is Cc1ccccc1-n1c(CNc2ncnc(N)c2C(=N)C#CCO)cc2cccc(C)c2c1=O. The fourth-order valence-corrected chi connectivity index (χ4v) is 3.94. The van der Waals surface area contributed by atoms with Crippen LogP contribution in [0, 0.1) is 31.1 Å². The molecule has 5 N–H and O–H groups in total. The zero-order chi connectivity index (χ0) is 24.2. The van der Waals surface area contributed by atoms with E-state index in [4.69, 9.17) is 16.2 Å². The molecule has 2 heterocycles. The quantitative estimate of drug-likeness (QED) is 0.272. The van der Waals surface area contributed by atoms with Crippen LogP contribution in [0.4, 0.5) is 11.6 Å². The summed E-state index contributed by atoms with van der Waals surface area (Å²) in [6, 6.07) is 15.5. The van der Waals surface area contributed by atoms with Gasteiger partial charge in [-0.2, -0.15) is 0 Å². The summed E-state index contributed by atoms with van der Waals surface area (Å²) in [6.07, 6.45) is 1.30. The van der Waals surface area contributed by atoms with Gasteiger partial charge in [0.2, 0.25) is 0 Å². The number of para-hydroxylation sites is 1. The molecule has 0 spiro atoms. The standard InChI is InChI=1S/C26H24N6O2/c1-16-7-3-4-11-21(16)32-19(13-18-9-5-8-17(2)22(18)26(32)34)14-29-25-23(20(27)10-6-12-33)24(28)30-15-31-25/h3-5,7-9,11,13,15,27,33H,12,14H2,1-2H3,(H3,28,29,30,31). The molecule has 0 amide bonds. The molecule has 0 saturated carbocycles. The maximum atomic E-state index is 13.7. The monoisotopic (exact) mass is 452 g/mol. The highest BCUT2D eigenvalue weighted by Gasteiger charge is 2.17. The molecule has 4 rings (SSSR count). The molecule has 0 unspecified atom stereocenters. The summed E-state index contributed by atoms with van der Waals surface area (Å²) in [6.45, 7) is 3.75. The number of aliphatic hydroxyl groups is 1. The number of nitrogen functional groups attached to an aromatic ring is 1. The van der Waals surface area contributed by atoms with E-state index in [1.807, 2.05) is 62.4 Å². The van der Waals surface area contributed by atoms with Crippen LogP contribution in [-0.4, -0.2) is 32.0 Å². The number of aryl methyl sites for hydroxylation is 2.